The van der Waals surface area contributed by atoms with Gasteiger partial charge in [0.1, 0.15) is 0 Å². The van der Waals surface area contributed by atoms with E-state index in [0.717, 1.165) is 30.0 Å². The molecule has 0 aromatic heterocycles. The maximum absolute atomic E-state index is 12.4. The van der Waals surface area contributed by atoms with Crippen molar-refractivity contribution in [3.8, 4) is 11.5 Å². The van der Waals surface area contributed by atoms with Crippen LogP contribution in [0.2, 0.25) is 0 Å². The van der Waals surface area contributed by atoms with E-state index in [1.54, 1.807) is 6.07 Å². The number of aliphatic hydroxyl groups is 1. The summed E-state index contributed by atoms with van der Waals surface area (Å²) in [5, 5.41) is 21.8. The Morgan fingerprint density at radius 1 is 1.38 bits per heavy atom. The third-order valence-corrected chi connectivity index (χ3v) is 6.52. The summed E-state index contributed by atoms with van der Waals surface area (Å²) in [6.45, 7) is 0.999. The highest BCUT2D eigenvalue weighted by molar-refractivity contribution is 5.88. The standard InChI is InChI=1S/C19H23NO4/c1-20(9-10-2-3-10)14-8-11-4-5-12(21)17-15(11)16-18(24-17)13(22)6-7-19(14,16)23/h4-5,10,14,16,18,21,23H,2-3,6-9H2,1H3/t14-,16?,18+,19-/m1/s1. The average Bonchev–Trinajstić information content (AvgIpc) is 3.25. The first kappa shape index (κ1) is 14.7. The number of likely N-dealkylation sites (N-methyl/N-ethyl adjacent to an activating group) is 1. The highest BCUT2D eigenvalue weighted by atomic mass is 16.5. The maximum atomic E-state index is 12.4. The summed E-state index contributed by atoms with van der Waals surface area (Å²) in [4.78, 5) is 14.7. The van der Waals surface area contributed by atoms with Crippen LogP contribution in [0.25, 0.3) is 0 Å². The number of hydrogen-bond donors (Lipinski definition) is 2. The number of rotatable bonds is 3. The fourth-order valence-corrected chi connectivity index (χ4v) is 5.13. The highest BCUT2D eigenvalue weighted by Crippen LogP contribution is 2.58. The number of nitrogens with zero attached hydrogens (tertiary/aromatic N) is 1. The van der Waals surface area contributed by atoms with Crippen LogP contribution in [-0.2, 0) is 11.2 Å². The largest absolute Gasteiger partial charge is 0.504 e. The smallest absolute Gasteiger partial charge is 0.174 e. The van der Waals surface area contributed by atoms with Crippen molar-refractivity contribution in [3.63, 3.8) is 0 Å². The summed E-state index contributed by atoms with van der Waals surface area (Å²) in [7, 11) is 2.09. The van der Waals surface area contributed by atoms with E-state index in [1.165, 1.54) is 12.8 Å². The van der Waals surface area contributed by atoms with Gasteiger partial charge in [-0.25, -0.2) is 0 Å². The molecule has 5 rings (SSSR count). The number of benzene rings is 1. The van der Waals surface area contributed by atoms with Gasteiger partial charge in [-0.3, -0.25) is 9.69 Å². The molecular weight excluding hydrogens is 306 g/mol. The molecule has 5 heteroatoms. The van der Waals surface area contributed by atoms with Crippen molar-refractivity contribution in [2.45, 2.75) is 55.8 Å². The molecule has 2 fully saturated rings. The molecule has 0 amide bonds. The van der Waals surface area contributed by atoms with Crippen molar-refractivity contribution in [2.24, 2.45) is 5.92 Å². The number of aromatic hydroxyl groups is 1. The van der Waals surface area contributed by atoms with Gasteiger partial charge in [0.05, 0.1) is 11.5 Å². The molecular formula is C19H23NO4. The van der Waals surface area contributed by atoms with Gasteiger partial charge in [-0.2, -0.15) is 0 Å². The van der Waals surface area contributed by atoms with Crippen LogP contribution in [0.4, 0.5) is 0 Å². The molecule has 3 aliphatic carbocycles. The van der Waals surface area contributed by atoms with Crippen molar-refractivity contribution in [1.82, 2.24) is 4.90 Å². The fourth-order valence-electron chi connectivity index (χ4n) is 5.13. The summed E-state index contributed by atoms with van der Waals surface area (Å²) >= 11 is 0. The summed E-state index contributed by atoms with van der Waals surface area (Å²) in [5.74, 6) is 0.923. The molecule has 0 bridgehead atoms. The van der Waals surface area contributed by atoms with Gasteiger partial charge in [0.2, 0.25) is 0 Å². The molecule has 1 aromatic carbocycles. The quantitative estimate of drug-likeness (QED) is 0.881. The van der Waals surface area contributed by atoms with E-state index in [1.807, 2.05) is 6.07 Å². The summed E-state index contributed by atoms with van der Waals surface area (Å²) in [5.41, 5.74) is 1.00. The van der Waals surface area contributed by atoms with E-state index in [4.69, 9.17) is 4.74 Å². The van der Waals surface area contributed by atoms with Gasteiger partial charge < -0.3 is 14.9 Å². The molecule has 5 nitrogen and oxygen atoms in total. The summed E-state index contributed by atoms with van der Waals surface area (Å²) in [6.07, 6.45) is 3.46. The van der Waals surface area contributed by atoms with Gasteiger partial charge in [-0.15, -0.1) is 0 Å². The number of phenolic OH excluding ortho intramolecular Hbond substituents is 1. The van der Waals surface area contributed by atoms with Gasteiger partial charge in [-0.05, 0) is 50.3 Å². The minimum Gasteiger partial charge on any atom is -0.504 e. The third-order valence-electron chi connectivity index (χ3n) is 6.52. The van der Waals surface area contributed by atoms with E-state index < -0.39 is 11.7 Å². The number of ketones is 1. The normalized spacial score (nSPS) is 36.6. The van der Waals surface area contributed by atoms with Gasteiger partial charge in [0.15, 0.2) is 23.4 Å². The molecule has 2 saturated carbocycles. The summed E-state index contributed by atoms with van der Waals surface area (Å²) < 4.78 is 5.85. The molecule has 1 unspecified atom stereocenters. The van der Waals surface area contributed by atoms with E-state index in [9.17, 15) is 15.0 Å². The van der Waals surface area contributed by atoms with E-state index >= 15 is 0 Å². The molecule has 24 heavy (non-hydrogen) atoms. The van der Waals surface area contributed by atoms with Gasteiger partial charge in [-0.1, -0.05) is 6.07 Å². The number of hydrogen-bond acceptors (Lipinski definition) is 5. The second-order valence-corrected chi connectivity index (χ2v) is 8.06. The van der Waals surface area contributed by atoms with Crippen LogP contribution >= 0.6 is 0 Å². The number of ether oxygens (including phenoxy) is 1. The van der Waals surface area contributed by atoms with Crippen molar-refractivity contribution in [1.29, 1.82) is 0 Å². The van der Waals surface area contributed by atoms with E-state index in [0.29, 0.717) is 18.6 Å². The van der Waals surface area contributed by atoms with Gasteiger partial charge in [0, 0.05) is 24.6 Å². The lowest BCUT2D eigenvalue weighted by Gasteiger charge is -2.51. The Morgan fingerprint density at radius 3 is 2.92 bits per heavy atom. The lowest BCUT2D eigenvalue weighted by molar-refractivity contribution is -0.146. The molecule has 1 aliphatic heterocycles. The molecule has 0 saturated heterocycles. The second kappa shape index (κ2) is 4.73. The fraction of sp³-hybridized carbons (Fsp3) is 0.632. The predicted octanol–water partition coefficient (Wildman–Crippen LogP) is 1.60. The second-order valence-electron chi connectivity index (χ2n) is 8.06. The first-order valence-electron chi connectivity index (χ1n) is 8.96. The average molecular weight is 329 g/mol. The Morgan fingerprint density at radius 2 is 2.17 bits per heavy atom. The Hall–Kier alpha value is -1.59. The SMILES string of the molecule is CN(CC1CC1)[C@@H]1Cc2ccc(O)c3c2C2[C@@H](O3)C(=O)CC[C@]21O. The molecule has 4 atom stereocenters. The molecule has 1 aromatic rings. The molecule has 128 valence electrons. The maximum Gasteiger partial charge on any atom is 0.174 e. The molecule has 0 radical (unpaired) electrons. The van der Waals surface area contributed by atoms with E-state index in [2.05, 4.69) is 11.9 Å². The first-order valence-corrected chi connectivity index (χ1v) is 8.96. The lowest BCUT2D eigenvalue weighted by Crippen LogP contribution is -2.63. The monoisotopic (exact) mass is 329 g/mol. The molecule has 0 spiro atoms. The third kappa shape index (κ3) is 1.85. The van der Waals surface area contributed by atoms with Gasteiger partial charge in [0.25, 0.3) is 0 Å². The Balaban J connectivity index is 1.62. The van der Waals surface area contributed by atoms with Crippen molar-refractivity contribution in [3.05, 3.63) is 23.3 Å². The lowest BCUT2D eigenvalue weighted by atomic mass is 9.61. The van der Waals surface area contributed by atoms with Gasteiger partial charge >= 0.3 is 0 Å². The topological polar surface area (TPSA) is 70.0 Å². The highest BCUT2D eigenvalue weighted by Gasteiger charge is 2.61. The minimum absolute atomic E-state index is 0.00899. The van der Waals surface area contributed by atoms with Crippen LogP contribution in [0.15, 0.2) is 12.1 Å². The summed E-state index contributed by atoms with van der Waals surface area (Å²) in [6, 6.07) is 3.57. The Bertz CT molecular complexity index is 728. The zero-order valence-electron chi connectivity index (χ0n) is 13.9. The molecule has 1 heterocycles. The number of Topliss-reactive ketones (excluding diaryl/α,β-unsaturated/α-hetero) is 1. The van der Waals surface area contributed by atoms with Crippen LogP contribution < -0.4 is 4.74 Å². The van der Waals surface area contributed by atoms with Crippen LogP contribution in [0.3, 0.4) is 0 Å². The first-order chi connectivity index (χ1) is 11.5. The molecule has 4 aliphatic rings. The van der Waals surface area contributed by atoms with Crippen molar-refractivity contribution in [2.75, 3.05) is 13.6 Å². The Labute approximate surface area is 141 Å². The van der Waals surface area contributed by atoms with Crippen LogP contribution in [0, 0.1) is 5.92 Å². The zero-order chi connectivity index (χ0) is 16.6. The van der Waals surface area contributed by atoms with Crippen molar-refractivity contribution >= 4 is 5.78 Å². The number of phenols is 1. The number of carbonyl (C=O) groups excluding carboxylic acids is 1. The van der Waals surface area contributed by atoms with Crippen LogP contribution in [0.5, 0.6) is 11.5 Å². The Kier molecular flexibility index (Phi) is 2.90. The zero-order valence-corrected chi connectivity index (χ0v) is 13.9. The minimum atomic E-state index is -0.964. The number of carbonyl (C=O) groups is 1. The van der Waals surface area contributed by atoms with Crippen LogP contribution in [0.1, 0.15) is 42.7 Å². The van der Waals surface area contributed by atoms with Crippen molar-refractivity contribution < 1.29 is 19.7 Å². The van der Waals surface area contributed by atoms with E-state index in [-0.39, 0.29) is 23.5 Å². The predicted molar refractivity (Wildman–Crippen MR) is 87.3 cm³/mol. The molecule has 2 N–H and O–H groups in total. The van der Waals surface area contributed by atoms with Crippen LogP contribution in [-0.4, -0.2) is 52.2 Å².